The summed E-state index contributed by atoms with van der Waals surface area (Å²) in [5.41, 5.74) is 0.0861. The van der Waals surface area contributed by atoms with Crippen molar-refractivity contribution in [1.29, 1.82) is 0 Å². The van der Waals surface area contributed by atoms with E-state index >= 15 is 0 Å². The Kier molecular flexibility index (Phi) is 12.7. The van der Waals surface area contributed by atoms with E-state index in [2.05, 4.69) is 19.1 Å². The number of unbranched alkanes of at least 4 members (excludes halogenated alkanes) is 9. The molecule has 0 aromatic heterocycles. The Balaban J connectivity index is 2.05. The van der Waals surface area contributed by atoms with Gasteiger partial charge in [0.2, 0.25) is 0 Å². The summed E-state index contributed by atoms with van der Waals surface area (Å²) in [7, 11) is 0. The van der Waals surface area contributed by atoms with Crippen LogP contribution in [0.2, 0.25) is 0 Å². The van der Waals surface area contributed by atoms with E-state index in [1.165, 1.54) is 63.5 Å². The summed E-state index contributed by atoms with van der Waals surface area (Å²) in [5, 5.41) is 9.09. The number of carboxylic acid groups (broad SMARTS) is 1. The van der Waals surface area contributed by atoms with Crippen LogP contribution < -0.4 is 0 Å². The van der Waals surface area contributed by atoms with E-state index in [4.69, 9.17) is 9.84 Å². The molecule has 4 nitrogen and oxygen atoms in total. The first-order valence-electron chi connectivity index (χ1n) is 10.3. The predicted molar refractivity (Wildman–Crippen MR) is 109 cm³/mol. The minimum absolute atomic E-state index is 0.0206. The molecule has 0 heterocycles. The average molecular weight is 375 g/mol. The smallest absolute Gasteiger partial charge is 0.339 e. The van der Waals surface area contributed by atoms with Gasteiger partial charge in [-0.3, -0.25) is 0 Å². The molecule has 0 saturated carbocycles. The van der Waals surface area contributed by atoms with Crippen molar-refractivity contribution in [3.05, 3.63) is 47.5 Å². The third-order valence-electron chi connectivity index (χ3n) is 4.52. The Hall–Kier alpha value is -2.10. The zero-order chi connectivity index (χ0) is 19.7. The number of esters is 1. The summed E-state index contributed by atoms with van der Waals surface area (Å²) in [6.07, 6.45) is 17.7. The topological polar surface area (TPSA) is 63.6 Å². The van der Waals surface area contributed by atoms with Crippen LogP contribution in [0.1, 0.15) is 98.3 Å². The molecule has 0 aliphatic rings. The molecule has 0 unspecified atom stereocenters. The molecule has 0 saturated heterocycles. The first-order chi connectivity index (χ1) is 13.2. The van der Waals surface area contributed by atoms with Crippen molar-refractivity contribution in [2.45, 2.75) is 77.6 Å². The minimum Gasteiger partial charge on any atom is -0.478 e. The lowest BCUT2D eigenvalue weighted by Gasteiger charge is -2.06. The highest BCUT2D eigenvalue weighted by Gasteiger charge is 2.16. The van der Waals surface area contributed by atoms with Crippen LogP contribution in [0.25, 0.3) is 0 Å². The number of hydrogen-bond donors (Lipinski definition) is 1. The number of ether oxygens (including phenoxy) is 1. The fourth-order valence-corrected chi connectivity index (χ4v) is 2.92. The van der Waals surface area contributed by atoms with Gasteiger partial charge in [0.15, 0.2) is 0 Å². The van der Waals surface area contributed by atoms with E-state index < -0.39 is 11.9 Å². The molecule has 0 bridgehead atoms. The molecule has 1 aromatic carbocycles. The molecule has 0 radical (unpaired) electrons. The number of hydrogen-bond acceptors (Lipinski definition) is 3. The Morgan fingerprint density at radius 2 is 1.41 bits per heavy atom. The van der Waals surface area contributed by atoms with Gasteiger partial charge in [0, 0.05) is 0 Å². The van der Waals surface area contributed by atoms with Crippen LogP contribution in [0, 0.1) is 0 Å². The van der Waals surface area contributed by atoms with Gasteiger partial charge < -0.3 is 9.84 Å². The van der Waals surface area contributed by atoms with E-state index in [9.17, 15) is 9.59 Å². The van der Waals surface area contributed by atoms with Crippen LogP contribution in [0.3, 0.4) is 0 Å². The summed E-state index contributed by atoms with van der Waals surface area (Å²) in [6, 6.07) is 6.12. The van der Waals surface area contributed by atoms with Crippen molar-refractivity contribution < 1.29 is 19.4 Å². The van der Waals surface area contributed by atoms with Crippen LogP contribution in [-0.2, 0) is 4.74 Å². The normalized spacial score (nSPS) is 11.0. The van der Waals surface area contributed by atoms with Gasteiger partial charge in [0.05, 0.1) is 17.7 Å². The molecule has 0 spiro atoms. The zero-order valence-corrected chi connectivity index (χ0v) is 16.6. The molecule has 27 heavy (non-hydrogen) atoms. The van der Waals surface area contributed by atoms with Gasteiger partial charge in [-0.25, -0.2) is 9.59 Å². The number of rotatable bonds is 15. The van der Waals surface area contributed by atoms with Crippen molar-refractivity contribution in [2.75, 3.05) is 6.61 Å². The van der Waals surface area contributed by atoms with E-state index in [-0.39, 0.29) is 11.1 Å². The molecular formula is C23H34O4. The van der Waals surface area contributed by atoms with Crippen molar-refractivity contribution in [2.24, 2.45) is 0 Å². The van der Waals surface area contributed by atoms with Gasteiger partial charge >= 0.3 is 11.9 Å². The van der Waals surface area contributed by atoms with Crippen LogP contribution >= 0.6 is 0 Å². The summed E-state index contributed by atoms with van der Waals surface area (Å²) in [5.74, 6) is -1.69. The van der Waals surface area contributed by atoms with Crippen LogP contribution in [-0.4, -0.2) is 23.7 Å². The van der Waals surface area contributed by atoms with Crippen LogP contribution in [0.4, 0.5) is 0 Å². The minimum atomic E-state index is -1.12. The van der Waals surface area contributed by atoms with E-state index in [0.717, 1.165) is 19.3 Å². The number of carboxylic acids is 1. The Morgan fingerprint density at radius 3 is 2.04 bits per heavy atom. The summed E-state index contributed by atoms with van der Waals surface area (Å²) in [4.78, 5) is 23.1. The van der Waals surface area contributed by atoms with E-state index in [1.54, 1.807) is 12.1 Å². The Morgan fingerprint density at radius 1 is 0.852 bits per heavy atom. The maximum atomic E-state index is 12.0. The maximum absolute atomic E-state index is 12.0. The number of allylic oxidation sites excluding steroid dienone is 2. The molecule has 0 fully saturated rings. The summed E-state index contributed by atoms with van der Waals surface area (Å²) >= 11 is 0. The average Bonchev–Trinajstić information content (AvgIpc) is 2.68. The highest BCUT2D eigenvalue weighted by Crippen LogP contribution is 2.11. The van der Waals surface area contributed by atoms with Crippen LogP contribution in [0.15, 0.2) is 36.4 Å². The lowest BCUT2D eigenvalue weighted by atomic mass is 10.1. The lowest BCUT2D eigenvalue weighted by molar-refractivity contribution is 0.0491. The van der Waals surface area contributed by atoms with Gasteiger partial charge in [0.25, 0.3) is 0 Å². The highest BCUT2D eigenvalue weighted by atomic mass is 16.5. The molecule has 1 N–H and O–H groups in total. The van der Waals surface area contributed by atoms with Gasteiger partial charge in [-0.15, -0.1) is 0 Å². The monoisotopic (exact) mass is 374 g/mol. The second-order valence-electron chi connectivity index (χ2n) is 6.86. The molecule has 0 aliphatic carbocycles. The number of benzene rings is 1. The molecule has 0 amide bonds. The van der Waals surface area contributed by atoms with Gasteiger partial charge in [-0.1, -0.05) is 76.2 Å². The van der Waals surface area contributed by atoms with E-state index in [1.807, 2.05) is 0 Å². The molecule has 0 aliphatic heterocycles. The highest BCUT2D eigenvalue weighted by molar-refractivity contribution is 6.02. The molecule has 0 atom stereocenters. The fraction of sp³-hybridized carbons (Fsp3) is 0.565. The summed E-state index contributed by atoms with van der Waals surface area (Å²) < 4.78 is 5.18. The second kappa shape index (κ2) is 15.0. The third kappa shape index (κ3) is 10.6. The SMILES string of the molecule is CCCCCCCCCC/C=C/CCCOC(=O)c1ccccc1C(=O)O. The standard InChI is InChI=1S/C23H34O4/c1-2-3-4-5-6-7-8-9-10-11-12-13-16-19-27-23(26)21-18-15-14-17-20(21)22(24)25/h11-12,14-15,17-18H,2-10,13,16,19H2,1H3,(H,24,25)/b12-11+. The number of aromatic carboxylic acids is 1. The zero-order valence-electron chi connectivity index (χ0n) is 16.6. The first-order valence-corrected chi connectivity index (χ1v) is 10.3. The molecular weight excluding hydrogens is 340 g/mol. The number of carbonyl (C=O) groups excluding carboxylic acids is 1. The van der Waals surface area contributed by atoms with Gasteiger partial charge in [0.1, 0.15) is 0 Å². The van der Waals surface area contributed by atoms with Crippen molar-refractivity contribution in [1.82, 2.24) is 0 Å². The van der Waals surface area contributed by atoms with Crippen molar-refractivity contribution in [3.8, 4) is 0 Å². The molecule has 1 aromatic rings. The molecule has 150 valence electrons. The lowest BCUT2D eigenvalue weighted by Crippen LogP contribution is -2.12. The molecule has 4 heteroatoms. The molecule has 1 rings (SSSR count). The first kappa shape index (κ1) is 22.9. The second-order valence-corrected chi connectivity index (χ2v) is 6.86. The Labute approximate surface area is 163 Å². The Bertz CT molecular complexity index is 577. The summed E-state index contributed by atoms with van der Waals surface area (Å²) in [6.45, 7) is 2.55. The maximum Gasteiger partial charge on any atom is 0.339 e. The largest absolute Gasteiger partial charge is 0.478 e. The van der Waals surface area contributed by atoms with Crippen molar-refractivity contribution >= 4 is 11.9 Å². The fourth-order valence-electron chi connectivity index (χ4n) is 2.92. The van der Waals surface area contributed by atoms with Crippen molar-refractivity contribution in [3.63, 3.8) is 0 Å². The van der Waals surface area contributed by atoms with E-state index in [0.29, 0.717) is 6.61 Å². The van der Waals surface area contributed by atoms with Gasteiger partial charge in [-0.05, 0) is 37.8 Å². The van der Waals surface area contributed by atoms with Gasteiger partial charge in [-0.2, -0.15) is 0 Å². The quantitative estimate of drug-likeness (QED) is 0.219. The third-order valence-corrected chi connectivity index (χ3v) is 4.52. The number of carbonyl (C=O) groups is 2. The predicted octanol–water partition coefficient (Wildman–Crippen LogP) is 6.41. The van der Waals surface area contributed by atoms with Crippen LogP contribution in [0.5, 0.6) is 0 Å².